The lowest BCUT2D eigenvalue weighted by molar-refractivity contribution is 0.183. The maximum atomic E-state index is 13.2. The van der Waals surface area contributed by atoms with Crippen LogP contribution >= 0.6 is 15.9 Å². The highest BCUT2D eigenvalue weighted by atomic mass is 79.9. The van der Waals surface area contributed by atoms with Crippen LogP contribution in [-0.4, -0.2) is 19.2 Å². The summed E-state index contributed by atoms with van der Waals surface area (Å²) in [6.45, 7) is 8.22. The van der Waals surface area contributed by atoms with Gasteiger partial charge in [0.1, 0.15) is 17.7 Å². The van der Waals surface area contributed by atoms with E-state index in [0.717, 1.165) is 30.4 Å². The first kappa shape index (κ1) is 16.4. The largest absolute Gasteiger partial charge is 0.488 e. The van der Waals surface area contributed by atoms with Gasteiger partial charge < -0.3 is 10.1 Å². The van der Waals surface area contributed by atoms with Crippen LogP contribution in [-0.2, 0) is 0 Å². The zero-order valence-corrected chi connectivity index (χ0v) is 13.5. The smallest absolute Gasteiger partial charge is 0.136 e. The van der Waals surface area contributed by atoms with Gasteiger partial charge in [0.25, 0.3) is 0 Å². The summed E-state index contributed by atoms with van der Waals surface area (Å²) in [5.41, 5.74) is 0. The van der Waals surface area contributed by atoms with Crippen LogP contribution in [0.1, 0.15) is 33.6 Å². The van der Waals surface area contributed by atoms with Gasteiger partial charge in [0.05, 0.1) is 4.47 Å². The average molecular weight is 332 g/mol. The monoisotopic (exact) mass is 331 g/mol. The van der Waals surface area contributed by atoms with Crippen molar-refractivity contribution >= 4 is 15.9 Å². The molecule has 0 aliphatic heterocycles. The summed E-state index contributed by atoms with van der Waals surface area (Å²) < 4.78 is 19.9. The molecule has 1 unspecified atom stereocenters. The van der Waals surface area contributed by atoms with E-state index >= 15 is 0 Å². The molecule has 0 aliphatic rings. The van der Waals surface area contributed by atoms with Crippen LogP contribution in [0.15, 0.2) is 22.7 Å². The van der Waals surface area contributed by atoms with E-state index in [-0.39, 0.29) is 11.9 Å². The summed E-state index contributed by atoms with van der Waals surface area (Å²) in [5.74, 6) is 0.913. The third kappa shape index (κ3) is 6.39. The van der Waals surface area contributed by atoms with E-state index in [2.05, 4.69) is 42.0 Å². The Morgan fingerprint density at radius 3 is 2.68 bits per heavy atom. The van der Waals surface area contributed by atoms with E-state index in [1.54, 1.807) is 6.07 Å². The van der Waals surface area contributed by atoms with E-state index in [9.17, 15) is 4.39 Å². The second kappa shape index (κ2) is 8.54. The highest BCUT2D eigenvalue weighted by molar-refractivity contribution is 9.10. The molecule has 0 saturated heterocycles. The van der Waals surface area contributed by atoms with Crippen molar-refractivity contribution in [2.45, 2.75) is 39.7 Å². The molecule has 0 aromatic heterocycles. The lowest BCUT2D eigenvalue weighted by Gasteiger charge is -2.20. The van der Waals surface area contributed by atoms with Crippen molar-refractivity contribution in [3.63, 3.8) is 0 Å². The molecule has 0 fully saturated rings. The molecule has 0 saturated carbocycles. The number of ether oxygens (including phenoxy) is 1. The molecule has 1 atom stereocenters. The first-order valence-electron chi connectivity index (χ1n) is 6.85. The Balaban J connectivity index is 2.58. The van der Waals surface area contributed by atoms with E-state index < -0.39 is 0 Å². The summed E-state index contributed by atoms with van der Waals surface area (Å²) in [5, 5.41) is 3.39. The topological polar surface area (TPSA) is 21.3 Å². The molecule has 0 spiro atoms. The molecule has 1 aromatic carbocycles. The second-order valence-electron chi connectivity index (χ2n) is 5.16. The number of halogens is 2. The van der Waals surface area contributed by atoms with E-state index in [4.69, 9.17) is 4.74 Å². The third-order valence-corrected chi connectivity index (χ3v) is 3.38. The summed E-state index contributed by atoms with van der Waals surface area (Å²) >= 11 is 3.39. The van der Waals surface area contributed by atoms with E-state index in [1.165, 1.54) is 12.1 Å². The molecular weight excluding hydrogens is 309 g/mol. The SMILES string of the molecule is CCCC(CNCC(C)C)Oc1cc(F)ccc1Br. The Labute approximate surface area is 123 Å². The van der Waals surface area contributed by atoms with Crippen molar-refractivity contribution < 1.29 is 9.13 Å². The zero-order chi connectivity index (χ0) is 14.3. The number of benzene rings is 1. The summed E-state index contributed by atoms with van der Waals surface area (Å²) in [7, 11) is 0. The Morgan fingerprint density at radius 1 is 1.32 bits per heavy atom. The maximum Gasteiger partial charge on any atom is 0.136 e. The maximum absolute atomic E-state index is 13.2. The third-order valence-electron chi connectivity index (χ3n) is 2.72. The number of nitrogens with one attached hydrogen (secondary N) is 1. The van der Waals surface area contributed by atoms with Crippen LogP contribution in [0.3, 0.4) is 0 Å². The highest BCUT2D eigenvalue weighted by Gasteiger charge is 2.12. The van der Waals surface area contributed by atoms with Crippen molar-refractivity contribution in [3.8, 4) is 5.75 Å². The molecule has 108 valence electrons. The molecule has 19 heavy (non-hydrogen) atoms. The number of rotatable bonds is 8. The van der Waals surface area contributed by atoms with Crippen LogP contribution in [0.4, 0.5) is 4.39 Å². The van der Waals surface area contributed by atoms with E-state index in [1.807, 2.05) is 0 Å². The Morgan fingerprint density at radius 2 is 2.05 bits per heavy atom. The summed E-state index contributed by atoms with van der Waals surface area (Å²) in [6.07, 6.45) is 2.07. The fourth-order valence-electron chi connectivity index (χ4n) is 1.80. The number of hydrogen-bond donors (Lipinski definition) is 1. The molecule has 2 nitrogen and oxygen atoms in total. The highest BCUT2D eigenvalue weighted by Crippen LogP contribution is 2.27. The molecule has 0 radical (unpaired) electrons. The summed E-state index contributed by atoms with van der Waals surface area (Å²) in [4.78, 5) is 0. The average Bonchev–Trinajstić information content (AvgIpc) is 2.33. The fraction of sp³-hybridized carbons (Fsp3) is 0.600. The fourth-order valence-corrected chi connectivity index (χ4v) is 2.14. The van der Waals surface area contributed by atoms with Crippen LogP contribution in [0.2, 0.25) is 0 Å². The molecule has 0 heterocycles. The van der Waals surface area contributed by atoms with Crippen molar-refractivity contribution in [2.24, 2.45) is 5.92 Å². The van der Waals surface area contributed by atoms with Gasteiger partial charge in [0.15, 0.2) is 0 Å². The second-order valence-corrected chi connectivity index (χ2v) is 6.01. The Bertz CT molecular complexity index is 384. The predicted octanol–water partition coefficient (Wildman–Crippen LogP) is 4.38. The minimum absolute atomic E-state index is 0.0712. The van der Waals surface area contributed by atoms with Gasteiger partial charge in [-0.15, -0.1) is 0 Å². The van der Waals surface area contributed by atoms with Crippen molar-refractivity contribution in [2.75, 3.05) is 13.1 Å². The van der Waals surface area contributed by atoms with Gasteiger partial charge in [0.2, 0.25) is 0 Å². The molecule has 1 N–H and O–H groups in total. The van der Waals surface area contributed by atoms with Gasteiger partial charge in [-0.1, -0.05) is 27.2 Å². The first-order chi connectivity index (χ1) is 9.02. The van der Waals surface area contributed by atoms with E-state index in [0.29, 0.717) is 11.7 Å². The van der Waals surface area contributed by atoms with Crippen LogP contribution in [0.25, 0.3) is 0 Å². The predicted molar refractivity (Wildman–Crippen MR) is 81.1 cm³/mol. The molecule has 0 aliphatic carbocycles. The molecular formula is C15H23BrFNO. The van der Waals surface area contributed by atoms with Gasteiger partial charge in [-0.25, -0.2) is 4.39 Å². The van der Waals surface area contributed by atoms with Crippen molar-refractivity contribution in [1.82, 2.24) is 5.32 Å². The van der Waals surface area contributed by atoms with Gasteiger partial charge >= 0.3 is 0 Å². The van der Waals surface area contributed by atoms with Gasteiger partial charge in [-0.3, -0.25) is 0 Å². The molecule has 0 amide bonds. The van der Waals surface area contributed by atoms with Gasteiger partial charge in [-0.05, 0) is 46.9 Å². The minimum atomic E-state index is -0.274. The van der Waals surface area contributed by atoms with Crippen LogP contribution < -0.4 is 10.1 Å². The molecule has 0 bridgehead atoms. The molecule has 1 rings (SSSR count). The molecule has 4 heteroatoms. The Hall–Kier alpha value is -0.610. The van der Waals surface area contributed by atoms with Crippen molar-refractivity contribution in [3.05, 3.63) is 28.5 Å². The van der Waals surface area contributed by atoms with Crippen LogP contribution in [0.5, 0.6) is 5.75 Å². The summed E-state index contributed by atoms with van der Waals surface area (Å²) in [6, 6.07) is 4.52. The van der Waals surface area contributed by atoms with Crippen molar-refractivity contribution in [1.29, 1.82) is 0 Å². The molecule has 1 aromatic rings. The standard InChI is InChI=1S/C15H23BrFNO/c1-4-5-13(10-18-9-11(2)3)19-15-8-12(17)6-7-14(15)16/h6-8,11,13,18H,4-5,9-10H2,1-3H3. The first-order valence-corrected chi connectivity index (χ1v) is 7.64. The normalized spacial score (nSPS) is 12.7. The van der Waals surface area contributed by atoms with Gasteiger partial charge in [-0.2, -0.15) is 0 Å². The lowest BCUT2D eigenvalue weighted by Crippen LogP contribution is -2.33. The minimum Gasteiger partial charge on any atom is -0.488 e. The quantitative estimate of drug-likeness (QED) is 0.763. The lowest BCUT2D eigenvalue weighted by atomic mass is 10.2. The Kier molecular flexibility index (Phi) is 7.39. The number of hydrogen-bond acceptors (Lipinski definition) is 2. The van der Waals surface area contributed by atoms with Gasteiger partial charge in [0, 0.05) is 12.6 Å². The van der Waals surface area contributed by atoms with Crippen LogP contribution in [0, 0.1) is 11.7 Å². The zero-order valence-electron chi connectivity index (χ0n) is 11.9.